The average molecular weight is 320 g/mol. The number of rotatable bonds is 3. The van der Waals surface area contributed by atoms with Gasteiger partial charge < -0.3 is 0 Å². The number of aryl methyl sites for hydroxylation is 1. The fraction of sp³-hybridized carbons (Fsp3) is 0.364. The zero-order valence-corrected chi connectivity index (χ0v) is 11.9. The maximum Gasteiger partial charge on any atom is 0.419 e. The second kappa shape index (κ2) is 5.10. The van der Waals surface area contributed by atoms with Crippen LogP contribution in [0.1, 0.15) is 18.2 Å². The molecule has 0 amide bonds. The third-order valence-electron chi connectivity index (χ3n) is 2.58. The van der Waals surface area contributed by atoms with Gasteiger partial charge in [-0.25, -0.2) is 18.1 Å². The molecular weight excluding hydrogens is 309 g/mol. The van der Waals surface area contributed by atoms with Crippen molar-refractivity contribution in [2.45, 2.75) is 24.7 Å². The first-order chi connectivity index (χ1) is 9.61. The molecule has 0 bridgehead atoms. The minimum Gasteiger partial charge on any atom is -0.223 e. The van der Waals surface area contributed by atoms with Gasteiger partial charge in [0.1, 0.15) is 0 Å². The monoisotopic (exact) mass is 320 g/mol. The Morgan fingerprint density at radius 3 is 2.43 bits per heavy atom. The molecule has 0 fully saturated rings. The van der Waals surface area contributed by atoms with E-state index in [-0.39, 0.29) is 5.82 Å². The molecule has 2 aromatic heterocycles. The molecule has 2 heterocycles. The van der Waals surface area contributed by atoms with Gasteiger partial charge in [-0.3, -0.25) is 0 Å². The van der Waals surface area contributed by atoms with Gasteiger partial charge in [0.05, 0.1) is 11.8 Å². The predicted octanol–water partition coefficient (Wildman–Crippen LogP) is 1.65. The van der Waals surface area contributed by atoms with Crippen LogP contribution >= 0.6 is 0 Å². The first-order valence-corrected chi connectivity index (χ1v) is 7.70. The molecule has 2 aromatic rings. The Balaban J connectivity index is 2.56. The van der Waals surface area contributed by atoms with E-state index in [1.165, 1.54) is 6.07 Å². The van der Waals surface area contributed by atoms with Gasteiger partial charge in [0.25, 0.3) is 0 Å². The molecule has 0 spiro atoms. The Morgan fingerprint density at radius 1 is 1.29 bits per heavy atom. The van der Waals surface area contributed by atoms with E-state index in [9.17, 15) is 21.6 Å². The van der Waals surface area contributed by atoms with E-state index in [4.69, 9.17) is 0 Å². The van der Waals surface area contributed by atoms with Gasteiger partial charge in [-0.2, -0.15) is 23.3 Å². The van der Waals surface area contributed by atoms with E-state index in [0.717, 1.165) is 17.1 Å². The molecule has 114 valence electrons. The summed E-state index contributed by atoms with van der Waals surface area (Å²) in [5, 5.41) is 3.12. The summed E-state index contributed by atoms with van der Waals surface area (Å²) in [5.74, 6) is -0.0298. The van der Waals surface area contributed by atoms with Gasteiger partial charge in [-0.05, 0) is 6.42 Å². The molecule has 0 radical (unpaired) electrons. The molecular formula is C11H11F3N4O2S. The number of sulfone groups is 1. The van der Waals surface area contributed by atoms with Gasteiger partial charge in [0.15, 0.2) is 5.82 Å². The van der Waals surface area contributed by atoms with Crippen molar-refractivity contribution >= 4 is 9.84 Å². The third kappa shape index (κ3) is 3.38. The van der Waals surface area contributed by atoms with Crippen LogP contribution < -0.4 is 0 Å². The molecule has 0 atom stereocenters. The zero-order valence-electron chi connectivity index (χ0n) is 11.1. The van der Waals surface area contributed by atoms with Crippen molar-refractivity contribution in [1.82, 2.24) is 19.7 Å². The molecule has 0 unspecified atom stereocenters. The summed E-state index contributed by atoms with van der Waals surface area (Å²) < 4.78 is 61.5. The molecule has 0 aromatic carbocycles. The van der Waals surface area contributed by atoms with E-state index in [0.29, 0.717) is 18.3 Å². The van der Waals surface area contributed by atoms with E-state index in [1.54, 1.807) is 6.92 Å². The minimum absolute atomic E-state index is 0.0298. The summed E-state index contributed by atoms with van der Waals surface area (Å²) in [5.41, 5.74) is -0.551. The maximum absolute atomic E-state index is 12.5. The Morgan fingerprint density at radius 2 is 1.95 bits per heavy atom. The molecule has 21 heavy (non-hydrogen) atoms. The van der Waals surface area contributed by atoms with Crippen LogP contribution in [0.25, 0.3) is 5.82 Å². The van der Waals surface area contributed by atoms with Crippen LogP contribution in [0.3, 0.4) is 0 Å². The SMILES string of the molecule is CCc1cc(-n2cc(C(F)(F)F)cn2)nc(S(C)(=O)=O)n1. The summed E-state index contributed by atoms with van der Waals surface area (Å²) in [6, 6.07) is 1.39. The average Bonchev–Trinajstić information content (AvgIpc) is 2.86. The lowest BCUT2D eigenvalue weighted by Gasteiger charge is -2.06. The molecule has 2 rings (SSSR count). The molecule has 6 nitrogen and oxygen atoms in total. The van der Waals surface area contributed by atoms with E-state index >= 15 is 0 Å². The smallest absolute Gasteiger partial charge is 0.223 e. The molecule has 0 aliphatic rings. The van der Waals surface area contributed by atoms with Crippen LogP contribution in [0.5, 0.6) is 0 Å². The highest BCUT2D eigenvalue weighted by atomic mass is 32.2. The summed E-state index contributed by atoms with van der Waals surface area (Å²) in [7, 11) is -3.67. The summed E-state index contributed by atoms with van der Waals surface area (Å²) in [6.07, 6.45) is -1.80. The van der Waals surface area contributed by atoms with Gasteiger partial charge in [0.2, 0.25) is 15.0 Å². The Hall–Kier alpha value is -1.97. The highest BCUT2D eigenvalue weighted by Gasteiger charge is 2.32. The number of halogens is 3. The van der Waals surface area contributed by atoms with Crippen molar-refractivity contribution in [3.05, 3.63) is 29.7 Å². The number of aromatic nitrogens is 4. The second-order valence-electron chi connectivity index (χ2n) is 4.30. The highest BCUT2D eigenvalue weighted by Crippen LogP contribution is 2.29. The van der Waals surface area contributed by atoms with Gasteiger partial charge in [-0.15, -0.1) is 0 Å². The lowest BCUT2D eigenvalue weighted by atomic mass is 10.3. The minimum atomic E-state index is -4.53. The molecule has 0 saturated heterocycles. The fourth-order valence-electron chi connectivity index (χ4n) is 1.52. The van der Waals surface area contributed by atoms with Crippen LogP contribution in [0.4, 0.5) is 13.2 Å². The number of nitrogens with zero attached hydrogens (tertiary/aromatic N) is 4. The van der Waals surface area contributed by atoms with Gasteiger partial charge in [-0.1, -0.05) is 6.92 Å². The van der Waals surface area contributed by atoms with E-state index in [2.05, 4.69) is 15.1 Å². The lowest BCUT2D eigenvalue weighted by Crippen LogP contribution is -2.10. The topological polar surface area (TPSA) is 77.7 Å². The van der Waals surface area contributed by atoms with Crippen molar-refractivity contribution in [3.8, 4) is 5.82 Å². The second-order valence-corrected chi connectivity index (χ2v) is 6.21. The third-order valence-corrected chi connectivity index (χ3v) is 3.43. The summed E-state index contributed by atoms with van der Waals surface area (Å²) in [4.78, 5) is 7.59. The standard InChI is InChI=1S/C11H11F3N4O2S/c1-3-8-4-9(17-10(16-8)21(2,19)20)18-6-7(5-15-18)11(12,13)14/h4-6H,3H2,1-2H3. The van der Waals surface area contributed by atoms with Crippen LogP contribution in [-0.4, -0.2) is 34.4 Å². The van der Waals surface area contributed by atoms with E-state index in [1.807, 2.05) is 0 Å². The first-order valence-electron chi connectivity index (χ1n) is 5.81. The lowest BCUT2D eigenvalue weighted by molar-refractivity contribution is -0.137. The molecule has 10 heteroatoms. The van der Waals surface area contributed by atoms with Crippen LogP contribution in [-0.2, 0) is 22.4 Å². The zero-order chi connectivity index (χ0) is 15.8. The largest absolute Gasteiger partial charge is 0.419 e. The van der Waals surface area contributed by atoms with Gasteiger partial charge >= 0.3 is 6.18 Å². The molecule has 0 aliphatic heterocycles. The van der Waals surface area contributed by atoms with Crippen molar-refractivity contribution in [2.24, 2.45) is 0 Å². The van der Waals surface area contributed by atoms with Crippen LogP contribution in [0, 0.1) is 0 Å². The van der Waals surface area contributed by atoms with Crippen molar-refractivity contribution in [1.29, 1.82) is 0 Å². The molecule has 0 N–H and O–H groups in total. The van der Waals surface area contributed by atoms with Crippen molar-refractivity contribution in [3.63, 3.8) is 0 Å². The maximum atomic E-state index is 12.5. The highest BCUT2D eigenvalue weighted by molar-refractivity contribution is 7.90. The van der Waals surface area contributed by atoms with Gasteiger partial charge in [0, 0.05) is 24.2 Å². The Bertz CT molecular complexity index is 768. The normalized spacial score (nSPS) is 12.6. The van der Waals surface area contributed by atoms with Crippen molar-refractivity contribution in [2.75, 3.05) is 6.26 Å². The molecule has 0 aliphatic carbocycles. The van der Waals surface area contributed by atoms with Crippen LogP contribution in [0.15, 0.2) is 23.6 Å². The Kier molecular flexibility index (Phi) is 3.74. The Labute approximate surface area is 118 Å². The summed E-state index contributed by atoms with van der Waals surface area (Å²) in [6.45, 7) is 1.74. The first kappa shape index (κ1) is 15.4. The fourth-order valence-corrected chi connectivity index (χ4v) is 2.06. The quantitative estimate of drug-likeness (QED) is 0.804. The number of hydrogen-bond donors (Lipinski definition) is 0. The van der Waals surface area contributed by atoms with E-state index < -0.39 is 26.7 Å². The number of hydrogen-bond acceptors (Lipinski definition) is 5. The predicted molar refractivity (Wildman–Crippen MR) is 66.6 cm³/mol. The number of alkyl halides is 3. The van der Waals surface area contributed by atoms with Crippen molar-refractivity contribution < 1.29 is 21.6 Å². The van der Waals surface area contributed by atoms with Crippen LogP contribution in [0.2, 0.25) is 0 Å². The molecule has 0 saturated carbocycles. The summed E-state index contributed by atoms with van der Waals surface area (Å²) >= 11 is 0.